The first-order valence-corrected chi connectivity index (χ1v) is 20.9. The van der Waals surface area contributed by atoms with Crippen LogP contribution < -0.4 is 20.5 Å². The number of rotatable bonds is 2. The summed E-state index contributed by atoms with van der Waals surface area (Å²) in [7, 11) is -2.47. The minimum atomic E-state index is -2.47. The van der Waals surface area contributed by atoms with Crippen molar-refractivity contribution >= 4 is 105 Å². The summed E-state index contributed by atoms with van der Waals surface area (Å²) in [6, 6.07) is 58.4. The molecule has 2 aromatic heterocycles. The topological polar surface area (TPSA) is 16.4 Å². The summed E-state index contributed by atoms with van der Waals surface area (Å²) in [6.45, 7) is 2.59. The highest BCUT2D eigenvalue weighted by atomic mass is 32.1. The molecule has 8 aromatic carbocycles. The zero-order chi connectivity index (χ0) is 33.4. The van der Waals surface area contributed by atoms with Gasteiger partial charge in [-0.1, -0.05) is 128 Å². The number of fused-ring (bicyclic) bond motifs is 14. The van der Waals surface area contributed by atoms with Gasteiger partial charge in [-0.15, -0.1) is 11.3 Å². The number of hydrogen-bond acceptors (Lipinski definition) is 3. The highest BCUT2D eigenvalue weighted by Crippen LogP contribution is 2.50. The Morgan fingerprint density at radius 2 is 1.27 bits per heavy atom. The molecule has 0 saturated carbocycles. The summed E-state index contributed by atoms with van der Waals surface area (Å²) in [6.07, 6.45) is 0. The molecule has 238 valence electrons. The lowest BCUT2D eigenvalue weighted by atomic mass is 9.97. The summed E-state index contributed by atoms with van der Waals surface area (Å²) in [5.74, 6) is 0. The maximum atomic E-state index is 6.57. The highest BCUT2D eigenvalue weighted by molar-refractivity contribution is 7.27. The Kier molecular flexibility index (Phi) is 5.38. The lowest BCUT2D eigenvalue weighted by Crippen LogP contribution is -2.66. The van der Waals surface area contributed by atoms with Gasteiger partial charge in [0, 0.05) is 36.9 Å². The first-order valence-electron chi connectivity index (χ1n) is 17.6. The molecule has 0 amide bonds. The summed E-state index contributed by atoms with van der Waals surface area (Å²) in [4.78, 5) is 2.55. The molecular weight excluding hydrogens is 655 g/mol. The molecule has 4 heteroatoms. The van der Waals surface area contributed by atoms with Crippen LogP contribution in [0.1, 0.15) is 0 Å². The van der Waals surface area contributed by atoms with Crippen LogP contribution in [0.25, 0.3) is 75.1 Å². The van der Waals surface area contributed by atoms with Gasteiger partial charge in [0.05, 0.1) is 11.1 Å². The first-order chi connectivity index (χ1) is 25.2. The Labute approximate surface area is 299 Å². The quantitative estimate of drug-likeness (QED) is 0.169. The van der Waals surface area contributed by atoms with E-state index in [1.165, 1.54) is 85.5 Å². The Hall–Kier alpha value is -5.94. The smallest absolute Gasteiger partial charge is 0.152 e. The molecule has 12 rings (SSSR count). The van der Waals surface area contributed by atoms with Gasteiger partial charge >= 0.3 is 0 Å². The predicted octanol–water partition coefficient (Wildman–Crippen LogP) is 11.6. The maximum Gasteiger partial charge on any atom is 0.152 e. The molecule has 2 nitrogen and oxygen atoms in total. The molecular formula is C47H29NOSSi. The number of furan rings is 1. The largest absolute Gasteiger partial charge is 0.456 e. The second kappa shape index (κ2) is 9.85. The van der Waals surface area contributed by atoms with E-state index in [0.717, 1.165) is 22.2 Å². The number of hydrogen-bond donors (Lipinski definition) is 0. The van der Waals surface area contributed by atoms with Crippen molar-refractivity contribution < 1.29 is 4.42 Å². The van der Waals surface area contributed by atoms with Crippen molar-refractivity contribution in [1.82, 2.24) is 0 Å². The van der Waals surface area contributed by atoms with Gasteiger partial charge in [0.15, 0.2) is 8.07 Å². The third-order valence-corrected chi connectivity index (χ3v) is 17.3. The van der Waals surface area contributed by atoms with Crippen LogP contribution in [0.4, 0.5) is 17.1 Å². The second-order valence-corrected chi connectivity index (χ2v) is 19.0. The SMILES string of the molecule is C[Si]12c3ccc4c(sc5ccccc54)c3-c3cccc(c31)N(c1ccc(-c3cccc4ccccc34)cc1)c1c2ccc2oc3ccccc3c12. The van der Waals surface area contributed by atoms with Crippen molar-refractivity contribution in [3.63, 3.8) is 0 Å². The third kappa shape index (κ3) is 3.51. The van der Waals surface area contributed by atoms with E-state index in [-0.39, 0.29) is 0 Å². The lowest BCUT2D eigenvalue weighted by molar-refractivity contribution is 0.669. The van der Waals surface area contributed by atoms with Gasteiger partial charge in [0.25, 0.3) is 0 Å². The van der Waals surface area contributed by atoms with E-state index in [1.54, 1.807) is 0 Å². The van der Waals surface area contributed by atoms with E-state index in [0.29, 0.717) is 0 Å². The van der Waals surface area contributed by atoms with Gasteiger partial charge in [-0.2, -0.15) is 0 Å². The normalized spacial score (nSPS) is 16.0. The van der Waals surface area contributed by atoms with Gasteiger partial charge in [-0.25, -0.2) is 0 Å². The zero-order valence-electron chi connectivity index (χ0n) is 27.8. The summed E-state index contributed by atoms with van der Waals surface area (Å²) >= 11 is 1.95. The standard InChI is InChI=1S/C47H29NOSSi/c1-51-41-26-24-34-33-13-5-7-19-40(33)50-46(34)44(41)36-16-9-17-37(47(36)51)48(45-42(51)27-25-39-43(45)35-14-4-6-18-38(35)49-39)30-22-20-29(21-23-30)32-15-8-11-28-10-2-3-12-31(28)32/h2-27H,1H3. The van der Waals surface area contributed by atoms with Crippen molar-refractivity contribution in [1.29, 1.82) is 0 Å². The molecule has 1 atom stereocenters. The van der Waals surface area contributed by atoms with Crippen molar-refractivity contribution in [3.8, 4) is 22.3 Å². The van der Waals surface area contributed by atoms with Gasteiger partial charge < -0.3 is 9.32 Å². The Morgan fingerprint density at radius 1 is 0.549 bits per heavy atom. The molecule has 2 aliphatic heterocycles. The molecule has 4 heterocycles. The van der Waals surface area contributed by atoms with Crippen LogP contribution in [0.2, 0.25) is 6.55 Å². The van der Waals surface area contributed by atoms with E-state index in [4.69, 9.17) is 4.42 Å². The average molecular weight is 684 g/mol. The van der Waals surface area contributed by atoms with Crippen molar-refractivity contribution in [2.45, 2.75) is 6.55 Å². The molecule has 0 radical (unpaired) electrons. The molecule has 0 saturated heterocycles. The number of benzene rings is 8. The van der Waals surface area contributed by atoms with Gasteiger partial charge in [-0.05, 0) is 85.0 Å². The van der Waals surface area contributed by atoms with Crippen LogP contribution in [-0.4, -0.2) is 8.07 Å². The summed E-state index contributed by atoms with van der Waals surface area (Å²) in [5, 5.41) is 12.1. The number of thiophene rings is 1. The molecule has 0 N–H and O–H groups in total. The molecule has 0 aliphatic carbocycles. The zero-order valence-corrected chi connectivity index (χ0v) is 29.6. The monoisotopic (exact) mass is 683 g/mol. The molecule has 0 bridgehead atoms. The number of anilines is 3. The fourth-order valence-electron chi connectivity index (χ4n) is 9.44. The minimum Gasteiger partial charge on any atom is -0.456 e. The summed E-state index contributed by atoms with van der Waals surface area (Å²) < 4.78 is 9.34. The molecule has 1 unspecified atom stereocenters. The molecule has 51 heavy (non-hydrogen) atoms. The van der Waals surface area contributed by atoms with E-state index in [2.05, 4.69) is 169 Å². The van der Waals surface area contributed by atoms with Gasteiger partial charge in [0.2, 0.25) is 0 Å². The van der Waals surface area contributed by atoms with Crippen LogP contribution >= 0.6 is 11.3 Å². The second-order valence-electron chi connectivity index (χ2n) is 14.1. The predicted molar refractivity (Wildman–Crippen MR) is 220 cm³/mol. The molecule has 0 spiro atoms. The molecule has 10 aromatic rings. The number of para-hydroxylation sites is 1. The average Bonchev–Trinajstić information content (AvgIpc) is 3.84. The van der Waals surface area contributed by atoms with Gasteiger partial charge in [0.1, 0.15) is 11.2 Å². The first kappa shape index (κ1) is 27.8. The Bertz CT molecular complexity index is 3110. The van der Waals surface area contributed by atoms with Crippen LogP contribution in [0.3, 0.4) is 0 Å². The minimum absolute atomic E-state index is 0.928. The Balaban J connectivity index is 1.17. The van der Waals surface area contributed by atoms with Crippen molar-refractivity contribution in [2.24, 2.45) is 0 Å². The molecule has 2 aliphatic rings. The Morgan fingerprint density at radius 3 is 2.18 bits per heavy atom. The lowest BCUT2D eigenvalue weighted by Gasteiger charge is -2.41. The van der Waals surface area contributed by atoms with Gasteiger partial charge in [-0.3, -0.25) is 0 Å². The summed E-state index contributed by atoms with van der Waals surface area (Å²) in [5.41, 5.74) is 10.9. The fourth-order valence-corrected chi connectivity index (χ4v) is 15.4. The maximum absolute atomic E-state index is 6.57. The number of nitrogens with zero attached hydrogens (tertiary/aromatic N) is 1. The van der Waals surface area contributed by atoms with Crippen LogP contribution in [0.5, 0.6) is 0 Å². The fraction of sp³-hybridized carbons (Fsp3) is 0.0213. The third-order valence-electron chi connectivity index (χ3n) is 11.6. The van der Waals surface area contributed by atoms with Crippen LogP contribution in [0, 0.1) is 0 Å². The highest BCUT2D eigenvalue weighted by Gasteiger charge is 2.51. The van der Waals surface area contributed by atoms with E-state index >= 15 is 0 Å². The molecule has 0 fully saturated rings. The van der Waals surface area contributed by atoms with E-state index in [1.807, 2.05) is 11.3 Å². The van der Waals surface area contributed by atoms with Crippen LogP contribution in [-0.2, 0) is 0 Å². The van der Waals surface area contributed by atoms with Crippen molar-refractivity contribution in [2.75, 3.05) is 4.90 Å². The van der Waals surface area contributed by atoms with Crippen molar-refractivity contribution in [3.05, 3.63) is 158 Å². The van der Waals surface area contributed by atoms with E-state index in [9.17, 15) is 0 Å². The van der Waals surface area contributed by atoms with Crippen LogP contribution in [0.15, 0.2) is 162 Å². The van der Waals surface area contributed by atoms with E-state index < -0.39 is 8.07 Å².